The average Bonchev–Trinajstić information content (AvgIpc) is 3.22. The topological polar surface area (TPSA) is 115 Å². The van der Waals surface area contributed by atoms with Crippen molar-refractivity contribution in [2.75, 3.05) is 11.1 Å². The molecule has 0 aliphatic rings. The summed E-state index contributed by atoms with van der Waals surface area (Å²) in [5, 5.41) is 10.2. The van der Waals surface area contributed by atoms with E-state index in [4.69, 9.17) is 20.4 Å². The van der Waals surface area contributed by atoms with Crippen LogP contribution in [-0.2, 0) is 14.6 Å². The molecule has 3 rings (SSSR count). The zero-order valence-electron chi connectivity index (χ0n) is 13.0. The maximum Gasteiger partial charge on any atom is 0.322 e. The highest BCUT2D eigenvalue weighted by Crippen LogP contribution is 2.25. The predicted molar refractivity (Wildman–Crippen MR) is 96.5 cm³/mol. The van der Waals surface area contributed by atoms with E-state index in [9.17, 15) is 13.2 Å². The van der Waals surface area contributed by atoms with E-state index in [0.717, 1.165) is 0 Å². The smallest absolute Gasteiger partial charge is 0.322 e. The number of anilines is 1. The number of rotatable bonds is 6. The summed E-state index contributed by atoms with van der Waals surface area (Å²) >= 11 is 8.88. The number of aromatic nitrogens is 2. The maximum atomic E-state index is 12.2. The molecule has 0 bridgehead atoms. The van der Waals surface area contributed by atoms with E-state index in [0.29, 0.717) is 15.5 Å². The fourth-order valence-corrected chi connectivity index (χ4v) is 3.64. The van der Waals surface area contributed by atoms with Gasteiger partial charge in [0.15, 0.2) is 20.3 Å². The molecule has 0 radical (unpaired) electrons. The van der Waals surface area contributed by atoms with Gasteiger partial charge < -0.3 is 8.83 Å². The van der Waals surface area contributed by atoms with Crippen LogP contribution >= 0.6 is 27.5 Å². The molecule has 3 aromatic rings. The molecule has 0 spiro atoms. The molecule has 1 aromatic carbocycles. The van der Waals surface area contributed by atoms with Gasteiger partial charge in [-0.25, -0.2) is 8.42 Å². The first-order chi connectivity index (χ1) is 12.3. The number of carbonyl (C=O) groups excluding carboxylic acids is 1. The van der Waals surface area contributed by atoms with Gasteiger partial charge in [-0.3, -0.25) is 10.1 Å². The Labute approximate surface area is 161 Å². The fourth-order valence-electron chi connectivity index (χ4n) is 1.97. The van der Waals surface area contributed by atoms with Crippen LogP contribution in [0.3, 0.4) is 0 Å². The van der Waals surface area contributed by atoms with Gasteiger partial charge >= 0.3 is 6.01 Å². The highest BCUT2D eigenvalue weighted by molar-refractivity contribution is 9.10. The lowest BCUT2D eigenvalue weighted by Gasteiger charge is -2.04. The van der Waals surface area contributed by atoms with Gasteiger partial charge in [-0.05, 0) is 52.3 Å². The lowest BCUT2D eigenvalue weighted by molar-refractivity contribution is -0.115. The van der Waals surface area contributed by atoms with Crippen molar-refractivity contribution in [2.24, 2.45) is 0 Å². The van der Waals surface area contributed by atoms with E-state index in [1.54, 1.807) is 12.1 Å². The van der Waals surface area contributed by atoms with Gasteiger partial charge in [-0.2, -0.15) is 0 Å². The van der Waals surface area contributed by atoms with Gasteiger partial charge in [-0.1, -0.05) is 16.7 Å². The highest BCUT2D eigenvalue weighted by Gasteiger charge is 2.18. The number of furan rings is 1. The number of nitrogens with one attached hydrogen (secondary N) is 1. The van der Waals surface area contributed by atoms with Crippen LogP contribution in [0.1, 0.15) is 6.42 Å². The van der Waals surface area contributed by atoms with Crippen LogP contribution in [0.2, 0.25) is 5.02 Å². The Bertz CT molecular complexity index is 1030. The molecule has 11 heteroatoms. The summed E-state index contributed by atoms with van der Waals surface area (Å²) in [5.41, 5.74) is 0. The van der Waals surface area contributed by atoms with E-state index in [-0.39, 0.29) is 29.0 Å². The van der Waals surface area contributed by atoms with Crippen LogP contribution in [0.5, 0.6) is 0 Å². The third-order valence-corrected chi connectivity index (χ3v) is 5.64. The molecular formula is C15H11BrClN3O5S. The Morgan fingerprint density at radius 3 is 2.50 bits per heavy atom. The van der Waals surface area contributed by atoms with Crippen LogP contribution in [-0.4, -0.2) is 30.3 Å². The number of hydrogen-bond donors (Lipinski definition) is 1. The second-order valence-corrected chi connectivity index (χ2v) is 8.41. The van der Waals surface area contributed by atoms with E-state index in [1.807, 2.05) is 0 Å². The van der Waals surface area contributed by atoms with Crippen LogP contribution < -0.4 is 5.32 Å². The monoisotopic (exact) mass is 459 g/mol. The molecule has 1 N–H and O–H groups in total. The Kier molecular flexibility index (Phi) is 5.44. The predicted octanol–water partition coefficient (Wildman–Crippen LogP) is 3.55. The van der Waals surface area contributed by atoms with Crippen LogP contribution in [0, 0.1) is 0 Å². The molecule has 2 heterocycles. The standard InChI is InChI=1S/C15H11BrClN3O5S/c16-12-6-5-11(24-12)14-19-20-15(25-14)18-13(21)7-8-26(22,23)10-3-1-9(17)2-4-10/h1-6H,7-8H2,(H,18,20,21). The number of hydrogen-bond acceptors (Lipinski definition) is 7. The third-order valence-electron chi connectivity index (χ3n) is 3.23. The minimum absolute atomic E-state index is 0.0831. The second kappa shape index (κ2) is 7.60. The molecular weight excluding hydrogens is 450 g/mol. The number of benzene rings is 1. The van der Waals surface area contributed by atoms with Crippen molar-refractivity contribution in [3.63, 3.8) is 0 Å². The molecule has 0 saturated carbocycles. The van der Waals surface area contributed by atoms with Crippen LogP contribution in [0.25, 0.3) is 11.7 Å². The molecule has 8 nitrogen and oxygen atoms in total. The minimum atomic E-state index is -3.61. The Balaban J connectivity index is 1.59. The molecule has 1 amide bonds. The van der Waals surface area contributed by atoms with Crippen molar-refractivity contribution in [1.29, 1.82) is 0 Å². The third kappa shape index (κ3) is 4.51. The molecule has 0 unspecified atom stereocenters. The summed E-state index contributed by atoms with van der Waals surface area (Å²) in [4.78, 5) is 12.0. The molecule has 2 aromatic heterocycles. The summed E-state index contributed by atoms with van der Waals surface area (Å²) in [6.07, 6.45) is -0.269. The lowest BCUT2D eigenvalue weighted by Crippen LogP contribution is -2.17. The number of nitrogens with zero attached hydrogens (tertiary/aromatic N) is 2. The molecule has 0 aliphatic heterocycles. The Morgan fingerprint density at radius 1 is 1.12 bits per heavy atom. The quantitative estimate of drug-likeness (QED) is 0.598. The molecule has 0 fully saturated rings. The van der Waals surface area contributed by atoms with Crippen molar-refractivity contribution < 1.29 is 22.0 Å². The van der Waals surface area contributed by atoms with Crippen molar-refractivity contribution >= 4 is 49.3 Å². The average molecular weight is 461 g/mol. The van der Waals surface area contributed by atoms with E-state index in [2.05, 4.69) is 31.4 Å². The van der Waals surface area contributed by atoms with Gasteiger partial charge in [0.1, 0.15) is 0 Å². The number of amides is 1. The summed E-state index contributed by atoms with van der Waals surface area (Å²) in [7, 11) is -3.61. The van der Waals surface area contributed by atoms with E-state index in [1.165, 1.54) is 24.3 Å². The fraction of sp³-hybridized carbons (Fsp3) is 0.133. The van der Waals surface area contributed by atoms with E-state index >= 15 is 0 Å². The molecule has 26 heavy (non-hydrogen) atoms. The minimum Gasteiger partial charge on any atom is -0.444 e. The summed E-state index contributed by atoms with van der Waals surface area (Å²) in [6.45, 7) is 0. The van der Waals surface area contributed by atoms with Gasteiger partial charge in [0.25, 0.3) is 5.89 Å². The van der Waals surface area contributed by atoms with Crippen LogP contribution in [0.4, 0.5) is 6.01 Å². The van der Waals surface area contributed by atoms with Gasteiger partial charge in [0.05, 0.1) is 10.6 Å². The molecule has 0 saturated heterocycles. The number of halogens is 2. The van der Waals surface area contributed by atoms with Gasteiger partial charge in [0.2, 0.25) is 5.91 Å². The molecule has 0 atom stereocenters. The summed E-state index contributed by atoms with van der Waals surface area (Å²) in [5.74, 6) is -0.527. The number of sulfone groups is 1. The van der Waals surface area contributed by atoms with Crippen molar-refractivity contribution in [1.82, 2.24) is 10.2 Å². The highest BCUT2D eigenvalue weighted by atomic mass is 79.9. The first kappa shape index (κ1) is 18.6. The van der Waals surface area contributed by atoms with Gasteiger partial charge in [0, 0.05) is 11.4 Å². The van der Waals surface area contributed by atoms with Crippen LogP contribution in [0.15, 0.2) is 54.8 Å². The van der Waals surface area contributed by atoms with Crippen molar-refractivity contribution in [3.8, 4) is 11.7 Å². The molecule has 0 aliphatic carbocycles. The first-order valence-electron chi connectivity index (χ1n) is 7.21. The Morgan fingerprint density at radius 2 is 1.85 bits per heavy atom. The largest absolute Gasteiger partial charge is 0.444 e. The van der Waals surface area contributed by atoms with Crippen molar-refractivity contribution in [2.45, 2.75) is 11.3 Å². The lowest BCUT2D eigenvalue weighted by atomic mass is 10.4. The SMILES string of the molecule is O=C(CCS(=O)(=O)c1ccc(Cl)cc1)Nc1nnc(-c2ccc(Br)o2)o1. The normalized spacial score (nSPS) is 11.5. The van der Waals surface area contributed by atoms with Crippen molar-refractivity contribution in [3.05, 3.63) is 46.1 Å². The number of carbonyl (C=O) groups is 1. The first-order valence-corrected chi connectivity index (χ1v) is 10.0. The summed E-state index contributed by atoms with van der Waals surface area (Å²) < 4.78 is 35.4. The summed E-state index contributed by atoms with van der Waals surface area (Å²) in [6, 6.07) is 8.84. The molecule has 136 valence electrons. The second-order valence-electron chi connectivity index (χ2n) is 5.09. The zero-order chi connectivity index (χ0) is 18.7. The van der Waals surface area contributed by atoms with E-state index < -0.39 is 15.7 Å². The van der Waals surface area contributed by atoms with Gasteiger partial charge in [-0.15, -0.1) is 5.10 Å². The maximum absolute atomic E-state index is 12.2. The zero-order valence-corrected chi connectivity index (χ0v) is 16.1. The Hall–Kier alpha value is -2.17.